The van der Waals surface area contributed by atoms with Gasteiger partial charge in [0.15, 0.2) is 0 Å². The smallest absolute Gasteiger partial charge is 0.135 e. The molecule has 19 heavy (non-hydrogen) atoms. The van der Waals surface area contributed by atoms with Gasteiger partial charge in [0.2, 0.25) is 0 Å². The summed E-state index contributed by atoms with van der Waals surface area (Å²) in [5, 5.41) is 0. The SMILES string of the molecule is Cc1ccc(C2=NCCN2c2ccccc2)cc1C. The van der Waals surface area contributed by atoms with E-state index < -0.39 is 0 Å². The second-order valence-corrected chi connectivity index (χ2v) is 4.99. The van der Waals surface area contributed by atoms with Gasteiger partial charge in [0.25, 0.3) is 0 Å². The first-order valence-corrected chi connectivity index (χ1v) is 6.70. The van der Waals surface area contributed by atoms with E-state index in [1.54, 1.807) is 0 Å². The number of amidine groups is 1. The van der Waals surface area contributed by atoms with Crippen molar-refractivity contribution in [3.8, 4) is 0 Å². The molecule has 0 amide bonds. The Kier molecular flexibility index (Phi) is 3.08. The number of benzene rings is 2. The Morgan fingerprint density at radius 1 is 0.947 bits per heavy atom. The number of para-hydroxylation sites is 1. The summed E-state index contributed by atoms with van der Waals surface area (Å²) in [5.74, 6) is 1.09. The molecule has 0 unspecified atom stereocenters. The normalized spacial score (nSPS) is 14.6. The lowest BCUT2D eigenvalue weighted by Gasteiger charge is -2.21. The molecule has 2 nitrogen and oxygen atoms in total. The van der Waals surface area contributed by atoms with Crippen LogP contribution in [0.4, 0.5) is 5.69 Å². The van der Waals surface area contributed by atoms with E-state index in [1.807, 2.05) is 6.07 Å². The molecule has 0 radical (unpaired) electrons. The molecular weight excluding hydrogens is 232 g/mol. The third-order valence-electron chi connectivity index (χ3n) is 3.67. The van der Waals surface area contributed by atoms with Crippen LogP contribution in [-0.4, -0.2) is 18.9 Å². The summed E-state index contributed by atoms with van der Waals surface area (Å²) >= 11 is 0. The van der Waals surface area contributed by atoms with Crippen LogP contribution in [0.1, 0.15) is 16.7 Å². The van der Waals surface area contributed by atoms with Crippen molar-refractivity contribution in [3.63, 3.8) is 0 Å². The standard InChI is InChI=1S/C17H18N2/c1-13-8-9-15(12-14(13)2)17-18-10-11-19(17)16-6-4-3-5-7-16/h3-9,12H,10-11H2,1-2H3. The minimum absolute atomic E-state index is 0.872. The molecule has 2 aromatic carbocycles. The molecule has 2 heteroatoms. The number of hydrogen-bond donors (Lipinski definition) is 0. The number of aliphatic imine (C=N–C) groups is 1. The minimum Gasteiger partial charge on any atom is -0.324 e. The lowest BCUT2D eigenvalue weighted by molar-refractivity contribution is 1.02. The summed E-state index contributed by atoms with van der Waals surface area (Å²) < 4.78 is 0. The highest BCUT2D eigenvalue weighted by Crippen LogP contribution is 2.21. The van der Waals surface area contributed by atoms with Gasteiger partial charge in [-0.15, -0.1) is 0 Å². The van der Waals surface area contributed by atoms with Crippen LogP contribution in [0.3, 0.4) is 0 Å². The Bertz CT molecular complexity index is 614. The number of hydrogen-bond acceptors (Lipinski definition) is 2. The predicted molar refractivity (Wildman–Crippen MR) is 81.1 cm³/mol. The van der Waals surface area contributed by atoms with Gasteiger partial charge in [0, 0.05) is 17.8 Å². The van der Waals surface area contributed by atoms with Crippen LogP contribution in [0.15, 0.2) is 53.5 Å². The van der Waals surface area contributed by atoms with E-state index in [-0.39, 0.29) is 0 Å². The molecule has 0 aliphatic carbocycles. The summed E-state index contributed by atoms with van der Waals surface area (Å²) in [6.45, 7) is 6.13. The molecule has 0 aromatic heterocycles. The summed E-state index contributed by atoms with van der Waals surface area (Å²) in [4.78, 5) is 6.97. The topological polar surface area (TPSA) is 15.6 Å². The Hall–Kier alpha value is -2.09. The zero-order valence-electron chi connectivity index (χ0n) is 11.4. The summed E-state index contributed by atoms with van der Waals surface area (Å²) in [6.07, 6.45) is 0. The quantitative estimate of drug-likeness (QED) is 0.795. The molecule has 2 aromatic rings. The molecular formula is C17H18N2. The van der Waals surface area contributed by atoms with Gasteiger partial charge < -0.3 is 4.90 Å². The van der Waals surface area contributed by atoms with Crippen molar-refractivity contribution >= 4 is 11.5 Å². The molecule has 0 bridgehead atoms. The fourth-order valence-electron chi connectivity index (χ4n) is 2.43. The lowest BCUT2D eigenvalue weighted by Crippen LogP contribution is -2.28. The van der Waals surface area contributed by atoms with E-state index >= 15 is 0 Å². The highest BCUT2D eigenvalue weighted by molar-refractivity contribution is 6.11. The van der Waals surface area contributed by atoms with E-state index in [9.17, 15) is 0 Å². The summed E-state index contributed by atoms with van der Waals surface area (Å²) in [6, 6.07) is 17.1. The molecule has 0 saturated carbocycles. The van der Waals surface area contributed by atoms with E-state index in [4.69, 9.17) is 0 Å². The Morgan fingerprint density at radius 3 is 2.47 bits per heavy atom. The summed E-state index contributed by atoms with van der Waals surface area (Å²) in [7, 11) is 0. The van der Waals surface area contributed by atoms with Crippen LogP contribution < -0.4 is 4.90 Å². The van der Waals surface area contributed by atoms with Gasteiger partial charge in [0.1, 0.15) is 5.84 Å². The first-order chi connectivity index (χ1) is 9.25. The Balaban J connectivity index is 1.97. The van der Waals surface area contributed by atoms with Crippen molar-refractivity contribution in [2.75, 3.05) is 18.0 Å². The highest BCUT2D eigenvalue weighted by Gasteiger charge is 2.20. The maximum Gasteiger partial charge on any atom is 0.135 e. The zero-order valence-corrected chi connectivity index (χ0v) is 11.4. The van der Waals surface area contributed by atoms with E-state index in [1.165, 1.54) is 22.4 Å². The van der Waals surface area contributed by atoms with Gasteiger partial charge in [0.05, 0.1) is 6.54 Å². The van der Waals surface area contributed by atoms with Crippen molar-refractivity contribution in [1.29, 1.82) is 0 Å². The maximum absolute atomic E-state index is 4.68. The van der Waals surface area contributed by atoms with Crippen LogP contribution in [0.25, 0.3) is 0 Å². The average Bonchev–Trinajstić information content (AvgIpc) is 2.92. The van der Waals surface area contributed by atoms with Crippen molar-refractivity contribution < 1.29 is 0 Å². The Morgan fingerprint density at radius 2 is 1.74 bits per heavy atom. The number of aryl methyl sites for hydroxylation is 2. The fraction of sp³-hybridized carbons (Fsp3) is 0.235. The van der Waals surface area contributed by atoms with Crippen LogP contribution in [-0.2, 0) is 0 Å². The van der Waals surface area contributed by atoms with E-state index in [0.717, 1.165) is 18.9 Å². The van der Waals surface area contributed by atoms with Crippen LogP contribution in [0.5, 0.6) is 0 Å². The fourth-order valence-corrected chi connectivity index (χ4v) is 2.43. The van der Waals surface area contributed by atoms with Gasteiger partial charge in [-0.3, -0.25) is 4.99 Å². The largest absolute Gasteiger partial charge is 0.324 e. The predicted octanol–water partition coefficient (Wildman–Crippen LogP) is 3.57. The number of nitrogens with zero attached hydrogens (tertiary/aromatic N) is 2. The van der Waals surface area contributed by atoms with Crippen LogP contribution >= 0.6 is 0 Å². The minimum atomic E-state index is 0.872. The third kappa shape index (κ3) is 2.26. The first-order valence-electron chi connectivity index (χ1n) is 6.70. The molecule has 96 valence electrons. The lowest BCUT2D eigenvalue weighted by atomic mass is 10.1. The van der Waals surface area contributed by atoms with Gasteiger partial charge >= 0.3 is 0 Å². The number of anilines is 1. The second-order valence-electron chi connectivity index (χ2n) is 4.99. The van der Waals surface area contributed by atoms with Crippen molar-refractivity contribution in [3.05, 3.63) is 65.2 Å². The molecule has 0 atom stereocenters. The average molecular weight is 250 g/mol. The molecule has 1 heterocycles. The van der Waals surface area contributed by atoms with E-state index in [0.29, 0.717) is 0 Å². The van der Waals surface area contributed by atoms with Gasteiger partial charge in [-0.1, -0.05) is 30.3 Å². The molecule has 3 rings (SSSR count). The number of rotatable bonds is 2. The van der Waals surface area contributed by atoms with Crippen LogP contribution in [0, 0.1) is 13.8 Å². The van der Waals surface area contributed by atoms with Crippen molar-refractivity contribution in [2.45, 2.75) is 13.8 Å². The first kappa shape index (κ1) is 12.0. The molecule has 1 aliphatic rings. The zero-order chi connectivity index (χ0) is 13.2. The molecule has 0 fully saturated rings. The van der Waals surface area contributed by atoms with Gasteiger partial charge in [-0.25, -0.2) is 0 Å². The third-order valence-corrected chi connectivity index (χ3v) is 3.67. The molecule has 0 spiro atoms. The molecule has 0 saturated heterocycles. The second kappa shape index (κ2) is 4.88. The maximum atomic E-state index is 4.68. The molecule has 1 aliphatic heterocycles. The monoisotopic (exact) mass is 250 g/mol. The van der Waals surface area contributed by atoms with Crippen LogP contribution in [0.2, 0.25) is 0 Å². The van der Waals surface area contributed by atoms with Crippen molar-refractivity contribution in [1.82, 2.24) is 0 Å². The van der Waals surface area contributed by atoms with Crippen molar-refractivity contribution in [2.24, 2.45) is 4.99 Å². The van der Waals surface area contributed by atoms with Gasteiger partial charge in [-0.2, -0.15) is 0 Å². The molecule has 0 N–H and O–H groups in total. The van der Waals surface area contributed by atoms with Gasteiger partial charge in [-0.05, 0) is 43.2 Å². The summed E-state index contributed by atoms with van der Waals surface area (Å²) in [5.41, 5.74) is 5.08. The Labute approximate surface area is 114 Å². The van der Waals surface area contributed by atoms with E-state index in [2.05, 4.69) is 66.2 Å². The highest BCUT2D eigenvalue weighted by atomic mass is 15.2.